The predicted molar refractivity (Wildman–Crippen MR) is 127 cm³/mol. The maximum absolute atomic E-state index is 12.8. The quantitative estimate of drug-likeness (QED) is 0.308. The monoisotopic (exact) mass is 432 g/mol. The number of amides is 1. The van der Waals surface area contributed by atoms with Crippen molar-refractivity contribution < 1.29 is 15.0 Å². The number of hydrogen-bond donors (Lipinski definition) is 4. The zero-order valence-electron chi connectivity index (χ0n) is 19.4. The fourth-order valence-corrected chi connectivity index (χ4v) is 4.59. The van der Waals surface area contributed by atoms with Crippen LogP contribution in [0.15, 0.2) is 30.3 Å². The molecule has 1 heterocycles. The van der Waals surface area contributed by atoms with E-state index in [-0.39, 0.29) is 18.6 Å². The van der Waals surface area contributed by atoms with E-state index in [9.17, 15) is 15.0 Å². The van der Waals surface area contributed by atoms with Crippen LogP contribution in [0.3, 0.4) is 0 Å². The maximum atomic E-state index is 12.8. The van der Waals surface area contributed by atoms with Gasteiger partial charge in [0.2, 0.25) is 5.91 Å². The van der Waals surface area contributed by atoms with Crippen molar-refractivity contribution in [3.8, 4) is 0 Å². The van der Waals surface area contributed by atoms with Crippen molar-refractivity contribution in [1.29, 1.82) is 0 Å². The van der Waals surface area contributed by atoms with Crippen LogP contribution < -0.4 is 10.6 Å². The third-order valence-corrected chi connectivity index (χ3v) is 6.59. The minimum atomic E-state index is -0.920. The molecule has 1 fully saturated rings. The number of unbranched alkanes of at least 4 members (excludes halogenated alkanes) is 8. The molecule has 0 aliphatic carbocycles. The Morgan fingerprint density at radius 1 is 1.06 bits per heavy atom. The first-order valence-electron chi connectivity index (χ1n) is 12.5. The van der Waals surface area contributed by atoms with Gasteiger partial charge in [-0.2, -0.15) is 0 Å². The van der Waals surface area contributed by atoms with Gasteiger partial charge in [0, 0.05) is 0 Å². The Kier molecular flexibility index (Phi) is 12.8. The summed E-state index contributed by atoms with van der Waals surface area (Å²) in [5, 5.41) is 26.4. The van der Waals surface area contributed by atoms with Crippen molar-refractivity contribution in [3.05, 3.63) is 35.9 Å². The van der Waals surface area contributed by atoms with E-state index in [1.54, 1.807) is 12.1 Å². The molecule has 1 saturated heterocycles. The fourth-order valence-electron chi connectivity index (χ4n) is 4.59. The molecular formula is C26H44N2O3. The third-order valence-electron chi connectivity index (χ3n) is 6.59. The molecule has 176 valence electrons. The molecule has 4 atom stereocenters. The SMILES string of the molecule is CCCCCCCCCCC[C@H]1CCN[C@@H](C(=O)N[C@@H](CO)[C@H](O)c2ccccc2)C1. The highest BCUT2D eigenvalue weighted by Gasteiger charge is 2.30. The van der Waals surface area contributed by atoms with E-state index < -0.39 is 12.1 Å². The van der Waals surface area contributed by atoms with Crippen molar-refractivity contribution in [3.63, 3.8) is 0 Å². The molecule has 0 aromatic heterocycles. The van der Waals surface area contributed by atoms with Gasteiger partial charge < -0.3 is 20.8 Å². The van der Waals surface area contributed by atoms with Crippen molar-refractivity contribution in [2.45, 2.75) is 102 Å². The lowest BCUT2D eigenvalue weighted by Gasteiger charge is -2.31. The first kappa shape index (κ1) is 25.8. The van der Waals surface area contributed by atoms with Crippen LogP contribution in [-0.2, 0) is 4.79 Å². The van der Waals surface area contributed by atoms with Crippen molar-refractivity contribution >= 4 is 5.91 Å². The van der Waals surface area contributed by atoms with Crippen LogP contribution in [0.25, 0.3) is 0 Å². The van der Waals surface area contributed by atoms with Gasteiger partial charge in [-0.25, -0.2) is 0 Å². The van der Waals surface area contributed by atoms with Gasteiger partial charge in [-0.05, 0) is 30.9 Å². The molecule has 2 rings (SSSR count). The summed E-state index contributed by atoms with van der Waals surface area (Å²) in [5.74, 6) is 0.457. The highest BCUT2D eigenvalue weighted by Crippen LogP contribution is 2.24. The van der Waals surface area contributed by atoms with Crippen LogP contribution in [0.5, 0.6) is 0 Å². The van der Waals surface area contributed by atoms with Gasteiger partial charge in [-0.1, -0.05) is 101 Å². The fraction of sp³-hybridized carbons (Fsp3) is 0.731. The Morgan fingerprint density at radius 2 is 1.71 bits per heavy atom. The van der Waals surface area contributed by atoms with Crippen LogP contribution in [0.4, 0.5) is 0 Å². The number of aliphatic hydroxyl groups is 2. The minimum absolute atomic E-state index is 0.120. The molecule has 5 nitrogen and oxygen atoms in total. The van der Waals surface area contributed by atoms with E-state index in [0.29, 0.717) is 11.5 Å². The Balaban J connectivity index is 1.66. The zero-order valence-corrected chi connectivity index (χ0v) is 19.4. The van der Waals surface area contributed by atoms with E-state index in [1.807, 2.05) is 18.2 Å². The Bertz CT molecular complexity index is 596. The second-order valence-corrected chi connectivity index (χ2v) is 9.17. The molecule has 0 bridgehead atoms. The molecule has 1 aliphatic heterocycles. The lowest BCUT2D eigenvalue weighted by molar-refractivity contribution is -0.126. The van der Waals surface area contributed by atoms with E-state index in [4.69, 9.17) is 0 Å². The molecule has 1 amide bonds. The number of piperidine rings is 1. The first-order chi connectivity index (χ1) is 15.2. The average molecular weight is 433 g/mol. The summed E-state index contributed by atoms with van der Waals surface area (Å²) in [6.45, 7) is 2.82. The van der Waals surface area contributed by atoms with E-state index in [0.717, 1.165) is 19.4 Å². The predicted octanol–water partition coefficient (Wildman–Crippen LogP) is 4.49. The van der Waals surface area contributed by atoms with E-state index >= 15 is 0 Å². The Labute approximate surface area is 189 Å². The van der Waals surface area contributed by atoms with Gasteiger partial charge in [0.25, 0.3) is 0 Å². The molecular weight excluding hydrogens is 388 g/mol. The number of rotatable bonds is 15. The summed E-state index contributed by atoms with van der Waals surface area (Å²) in [5.41, 5.74) is 0.696. The van der Waals surface area contributed by atoms with Crippen molar-refractivity contribution in [2.24, 2.45) is 5.92 Å². The molecule has 0 radical (unpaired) electrons. The maximum Gasteiger partial charge on any atom is 0.237 e. The Morgan fingerprint density at radius 3 is 2.35 bits per heavy atom. The zero-order chi connectivity index (χ0) is 22.3. The summed E-state index contributed by atoms with van der Waals surface area (Å²) in [4.78, 5) is 12.8. The van der Waals surface area contributed by atoms with Crippen LogP contribution >= 0.6 is 0 Å². The van der Waals surface area contributed by atoms with Gasteiger partial charge >= 0.3 is 0 Å². The van der Waals surface area contributed by atoms with Crippen LogP contribution in [0.1, 0.15) is 95.6 Å². The molecule has 31 heavy (non-hydrogen) atoms. The number of carbonyl (C=O) groups excluding carboxylic acids is 1. The molecule has 0 unspecified atom stereocenters. The summed E-state index contributed by atoms with van der Waals surface area (Å²) in [7, 11) is 0. The lowest BCUT2D eigenvalue weighted by Crippen LogP contribution is -2.53. The van der Waals surface area contributed by atoms with E-state index in [2.05, 4.69) is 17.6 Å². The molecule has 0 spiro atoms. The number of benzene rings is 1. The van der Waals surface area contributed by atoms with Crippen molar-refractivity contribution in [2.75, 3.05) is 13.2 Å². The van der Waals surface area contributed by atoms with Crippen molar-refractivity contribution in [1.82, 2.24) is 10.6 Å². The van der Waals surface area contributed by atoms with Gasteiger partial charge in [-0.15, -0.1) is 0 Å². The van der Waals surface area contributed by atoms with E-state index in [1.165, 1.54) is 64.2 Å². The number of nitrogens with one attached hydrogen (secondary N) is 2. The highest BCUT2D eigenvalue weighted by atomic mass is 16.3. The number of aliphatic hydroxyl groups excluding tert-OH is 2. The second kappa shape index (κ2) is 15.4. The number of carbonyl (C=O) groups is 1. The summed E-state index contributed by atoms with van der Waals surface area (Å²) >= 11 is 0. The largest absolute Gasteiger partial charge is 0.394 e. The molecule has 1 aromatic carbocycles. The molecule has 1 aliphatic rings. The lowest BCUT2D eigenvalue weighted by atomic mass is 9.87. The van der Waals surface area contributed by atoms with Crippen LogP contribution in [-0.4, -0.2) is 41.4 Å². The minimum Gasteiger partial charge on any atom is -0.394 e. The van der Waals surface area contributed by atoms with Gasteiger partial charge in [0.1, 0.15) is 6.10 Å². The third kappa shape index (κ3) is 9.71. The highest BCUT2D eigenvalue weighted by molar-refractivity contribution is 5.82. The second-order valence-electron chi connectivity index (χ2n) is 9.17. The summed E-state index contributed by atoms with van der Waals surface area (Å²) in [6.07, 6.45) is 14.3. The summed E-state index contributed by atoms with van der Waals surface area (Å²) in [6, 6.07) is 8.23. The van der Waals surface area contributed by atoms with Gasteiger partial charge in [-0.3, -0.25) is 4.79 Å². The topological polar surface area (TPSA) is 81.6 Å². The normalized spacial score (nSPS) is 20.9. The average Bonchev–Trinajstić information content (AvgIpc) is 2.81. The van der Waals surface area contributed by atoms with Crippen LogP contribution in [0, 0.1) is 5.92 Å². The number of hydrogen-bond acceptors (Lipinski definition) is 4. The van der Waals surface area contributed by atoms with Crippen LogP contribution in [0.2, 0.25) is 0 Å². The van der Waals surface area contributed by atoms with Gasteiger partial charge in [0.05, 0.1) is 18.7 Å². The molecule has 1 aromatic rings. The standard InChI is InChI=1S/C26H44N2O3/c1-2-3-4-5-6-7-8-9-11-14-21-17-18-27-23(19-21)26(31)28-24(20-29)25(30)22-15-12-10-13-16-22/h10,12-13,15-16,21,23-25,27,29-30H,2-9,11,14,17-20H2,1H3,(H,28,31)/t21-,23+,24-,25+/m0/s1. The first-order valence-corrected chi connectivity index (χ1v) is 12.5. The molecule has 5 heteroatoms. The summed E-state index contributed by atoms with van der Waals surface area (Å²) < 4.78 is 0. The molecule has 4 N–H and O–H groups in total. The smallest absolute Gasteiger partial charge is 0.237 e. The van der Waals surface area contributed by atoms with Gasteiger partial charge in [0.15, 0.2) is 0 Å². The molecule has 0 saturated carbocycles. The Hall–Kier alpha value is -1.43.